The number of carbonyl (C=O) groups excluding carboxylic acids is 1. The summed E-state index contributed by atoms with van der Waals surface area (Å²) in [4.78, 5) is 16.8. The molecule has 10 heteroatoms. The number of rotatable bonds is 9. The first kappa shape index (κ1) is 24.0. The molecule has 0 aliphatic heterocycles. The van der Waals surface area contributed by atoms with Gasteiger partial charge in [0.15, 0.2) is 0 Å². The van der Waals surface area contributed by atoms with Crippen molar-refractivity contribution in [2.45, 2.75) is 25.3 Å². The number of amides is 1. The molecule has 0 saturated carbocycles. The van der Waals surface area contributed by atoms with Crippen LogP contribution in [0.2, 0.25) is 0 Å². The second kappa shape index (κ2) is 9.85. The van der Waals surface area contributed by atoms with E-state index in [2.05, 4.69) is 4.98 Å². The number of benzene rings is 1. The minimum atomic E-state index is -4.45. The third-order valence-electron chi connectivity index (χ3n) is 5.38. The van der Waals surface area contributed by atoms with Crippen LogP contribution in [0, 0.1) is 5.92 Å². The first-order valence-electron chi connectivity index (χ1n) is 10.1. The Morgan fingerprint density at radius 3 is 2.69 bits per heavy atom. The highest BCUT2D eigenvalue weighted by Crippen LogP contribution is 2.38. The highest BCUT2D eigenvalue weighted by Gasteiger charge is 2.49. The van der Waals surface area contributed by atoms with Crippen LogP contribution in [0.5, 0.6) is 5.75 Å². The lowest BCUT2D eigenvalue weighted by atomic mass is 9.99. The first-order valence-corrected chi connectivity index (χ1v) is 12.5. The number of carbonyl (C=O) groups is 1. The van der Waals surface area contributed by atoms with Crippen LogP contribution in [0.25, 0.3) is 0 Å². The molecule has 0 bridgehead atoms. The van der Waals surface area contributed by atoms with Crippen molar-refractivity contribution >= 4 is 33.0 Å². The number of methoxy groups -OCH3 is 1. The van der Waals surface area contributed by atoms with Crippen molar-refractivity contribution in [1.29, 1.82) is 0 Å². The maximum atomic E-state index is 13.8. The number of nitrogens with zero attached hydrogens (tertiary/aromatic N) is 3. The van der Waals surface area contributed by atoms with Gasteiger partial charge in [0.2, 0.25) is 10.8 Å². The van der Waals surface area contributed by atoms with E-state index >= 15 is 0 Å². The fourth-order valence-electron chi connectivity index (χ4n) is 3.44. The van der Waals surface area contributed by atoms with Gasteiger partial charge in [-0.05, 0) is 25.1 Å². The molecule has 0 spiro atoms. The van der Waals surface area contributed by atoms with E-state index in [0.717, 1.165) is 9.31 Å². The summed E-state index contributed by atoms with van der Waals surface area (Å²) < 4.78 is 33.9. The van der Waals surface area contributed by atoms with E-state index in [4.69, 9.17) is 4.74 Å². The smallest absolute Gasteiger partial charge is 0.270 e. The summed E-state index contributed by atoms with van der Waals surface area (Å²) in [7, 11) is -3.02. The zero-order valence-electron chi connectivity index (χ0n) is 18.2. The van der Waals surface area contributed by atoms with Gasteiger partial charge in [0.25, 0.3) is 10.0 Å². The molecule has 1 heterocycles. The third-order valence-corrected chi connectivity index (χ3v) is 8.38. The van der Waals surface area contributed by atoms with Crippen molar-refractivity contribution in [2.24, 2.45) is 5.92 Å². The van der Waals surface area contributed by atoms with Crippen molar-refractivity contribution in [3.05, 3.63) is 65.2 Å². The number of hydrogen-bond acceptors (Lipinski definition) is 7. The van der Waals surface area contributed by atoms with E-state index < -0.39 is 33.3 Å². The highest BCUT2D eigenvalue weighted by molar-refractivity contribution is 7.94. The number of hydrogen-bond donors (Lipinski definition) is 1. The van der Waals surface area contributed by atoms with Gasteiger partial charge in [0, 0.05) is 24.0 Å². The number of para-hydroxylation sites is 2. The fourth-order valence-corrected chi connectivity index (χ4v) is 5.91. The van der Waals surface area contributed by atoms with Gasteiger partial charge >= 0.3 is 0 Å². The molecule has 2 unspecified atom stereocenters. The van der Waals surface area contributed by atoms with Crippen LogP contribution in [0.1, 0.15) is 18.9 Å². The van der Waals surface area contributed by atoms with E-state index in [0.29, 0.717) is 6.54 Å². The Morgan fingerprint density at radius 1 is 1.31 bits per heavy atom. The molecule has 1 aliphatic carbocycles. The number of anilines is 1. The number of sulfonamides is 1. The summed E-state index contributed by atoms with van der Waals surface area (Å²) in [6, 6.07) is 6.52. The maximum Gasteiger partial charge on any atom is 0.270 e. The molecule has 1 aromatic carbocycles. The van der Waals surface area contributed by atoms with Crippen LogP contribution in [0.4, 0.5) is 5.69 Å². The second-order valence-electron chi connectivity index (χ2n) is 7.30. The van der Waals surface area contributed by atoms with Gasteiger partial charge in [-0.2, -0.15) is 0 Å². The Morgan fingerprint density at radius 2 is 2.06 bits per heavy atom. The van der Waals surface area contributed by atoms with Crippen molar-refractivity contribution in [1.82, 2.24) is 9.88 Å². The number of thiazole rings is 1. The summed E-state index contributed by atoms with van der Waals surface area (Å²) in [6.45, 7) is 3.59. The van der Waals surface area contributed by atoms with E-state index in [1.54, 1.807) is 49.5 Å². The van der Waals surface area contributed by atoms with Gasteiger partial charge in [-0.1, -0.05) is 37.3 Å². The normalized spacial score (nSPS) is 20.2. The quantitative estimate of drug-likeness (QED) is 0.596. The van der Waals surface area contributed by atoms with E-state index in [1.165, 1.54) is 35.5 Å². The molecular weight excluding hydrogens is 450 g/mol. The minimum Gasteiger partial charge on any atom is -0.495 e. The lowest BCUT2D eigenvalue weighted by molar-refractivity contribution is -0.129. The zero-order chi connectivity index (χ0) is 23.4. The molecule has 0 radical (unpaired) electrons. The minimum absolute atomic E-state index is 0.178. The van der Waals surface area contributed by atoms with Gasteiger partial charge < -0.3 is 14.7 Å². The topological polar surface area (TPSA) is 100 Å². The van der Waals surface area contributed by atoms with Crippen molar-refractivity contribution in [3.63, 3.8) is 0 Å². The summed E-state index contributed by atoms with van der Waals surface area (Å²) in [5.41, 5.74) is 0.178. The summed E-state index contributed by atoms with van der Waals surface area (Å²) in [6.07, 6.45) is 7.68. The molecule has 0 saturated heterocycles. The van der Waals surface area contributed by atoms with Gasteiger partial charge in [0.1, 0.15) is 17.3 Å². The number of likely N-dealkylation sites (N-methyl/N-ethyl adjacent to an activating group) is 1. The molecule has 32 heavy (non-hydrogen) atoms. The van der Waals surface area contributed by atoms with Gasteiger partial charge in [0.05, 0.1) is 19.3 Å². The Kier molecular flexibility index (Phi) is 7.37. The molecule has 172 valence electrons. The molecular formula is C22H27N3O5S2. The third kappa shape index (κ3) is 4.57. The Bertz CT molecular complexity index is 1100. The molecule has 1 aromatic heterocycles. The number of allylic oxidation sites excluding steroid dienone is 2. The lowest BCUT2D eigenvalue weighted by Crippen LogP contribution is -2.54. The van der Waals surface area contributed by atoms with E-state index in [-0.39, 0.29) is 18.0 Å². The van der Waals surface area contributed by atoms with E-state index in [1.807, 2.05) is 12.3 Å². The number of aromatic nitrogens is 1. The molecule has 1 amide bonds. The fraction of sp³-hybridized carbons (Fsp3) is 0.364. The van der Waals surface area contributed by atoms with Crippen LogP contribution >= 0.6 is 11.3 Å². The van der Waals surface area contributed by atoms with E-state index in [9.17, 15) is 18.3 Å². The predicted octanol–water partition coefficient (Wildman–Crippen LogP) is 2.79. The summed E-state index contributed by atoms with van der Waals surface area (Å²) >= 11 is 1.42. The number of aliphatic hydroxyl groups is 1. The zero-order valence-corrected chi connectivity index (χ0v) is 19.8. The number of ether oxygens (including phenoxy) is 1. The molecule has 0 fully saturated rings. The van der Waals surface area contributed by atoms with Crippen LogP contribution in [0.15, 0.2) is 60.1 Å². The monoisotopic (exact) mass is 477 g/mol. The Hall–Kier alpha value is -2.69. The predicted molar refractivity (Wildman–Crippen MR) is 125 cm³/mol. The van der Waals surface area contributed by atoms with Gasteiger partial charge in [-0.25, -0.2) is 13.4 Å². The largest absolute Gasteiger partial charge is 0.495 e. The van der Waals surface area contributed by atoms with Crippen molar-refractivity contribution < 1.29 is 23.1 Å². The molecule has 3 rings (SSSR count). The molecule has 1 aliphatic rings. The molecule has 2 atom stereocenters. The SMILES string of the molecule is CCN(Cc1nccs1)C(=O)CN(c1ccccc1OC)S(=O)(=O)C1(O)C=CC=CC1C. The Labute approximate surface area is 192 Å². The van der Waals surface area contributed by atoms with Crippen molar-refractivity contribution in [3.8, 4) is 5.75 Å². The Balaban J connectivity index is 2.02. The molecule has 2 aromatic rings. The molecule has 1 N–H and O–H groups in total. The average Bonchev–Trinajstić information content (AvgIpc) is 3.30. The summed E-state index contributed by atoms with van der Waals surface area (Å²) in [5.74, 6) is -0.857. The second-order valence-corrected chi connectivity index (χ2v) is 10.3. The summed E-state index contributed by atoms with van der Waals surface area (Å²) in [5, 5.41) is 13.8. The van der Waals surface area contributed by atoms with Gasteiger partial charge in [-0.15, -0.1) is 11.3 Å². The lowest BCUT2D eigenvalue weighted by Gasteiger charge is -2.37. The molecule has 8 nitrogen and oxygen atoms in total. The standard InChI is InChI=1S/C22H27N3O5S2/c1-4-24(15-20-23-13-14-31-20)21(26)16-25(18-10-5-6-11-19(18)30-3)32(28,29)22(27)12-8-7-9-17(22)2/h5-14,17,27H,4,15-16H2,1-3H3. The van der Waals surface area contributed by atoms with Crippen LogP contribution in [-0.2, 0) is 21.4 Å². The highest BCUT2D eigenvalue weighted by atomic mass is 32.2. The van der Waals surface area contributed by atoms with Crippen molar-refractivity contribution in [2.75, 3.05) is 24.5 Å². The maximum absolute atomic E-state index is 13.8. The first-order chi connectivity index (χ1) is 15.2. The van der Waals surface area contributed by atoms with Crippen LogP contribution in [-0.4, -0.2) is 54.4 Å². The average molecular weight is 478 g/mol. The van der Waals surface area contributed by atoms with Crippen LogP contribution in [0.3, 0.4) is 0 Å². The van der Waals surface area contributed by atoms with Gasteiger partial charge in [-0.3, -0.25) is 9.10 Å². The van der Waals surface area contributed by atoms with Crippen LogP contribution < -0.4 is 9.04 Å².